The van der Waals surface area contributed by atoms with Crippen molar-refractivity contribution in [1.29, 1.82) is 0 Å². The van der Waals surface area contributed by atoms with Crippen LogP contribution in [0, 0.1) is 17.0 Å². The van der Waals surface area contributed by atoms with Crippen molar-refractivity contribution in [3.63, 3.8) is 0 Å². The van der Waals surface area contributed by atoms with E-state index in [0.29, 0.717) is 5.56 Å². The monoisotopic (exact) mass is 250 g/mol. The number of benzene rings is 1. The number of hydrogen-bond acceptors (Lipinski definition) is 4. The normalized spacial score (nSPS) is 11.7. The predicted octanol–water partition coefficient (Wildman–Crippen LogP) is 1.61. The highest BCUT2D eigenvalue weighted by Gasteiger charge is 2.23. The SMILES string of the molecule is CC(=O)C(C)NC(=O)c1cccc(C)c1[N+](=O)[O-]. The van der Waals surface area contributed by atoms with Gasteiger partial charge in [0.2, 0.25) is 0 Å². The quantitative estimate of drug-likeness (QED) is 0.649. The third-order valence-electron chi connectivity index (χ3n) is 2.62. The Morgan fingerprint density at radius 1 is 1.39 bits per heavy atom. The highest BCUT2D eigenvalue weighted by molar-refractivity contribution is 6.00. The van der Waals surface area contributed by atoms with Crippen LogP contribution in [0.2, 0.25) is 0 Å². The molecule has 1 aromatic rings. The molecular formula is C12H14N2O4. The minimum absolute atomic E-state index is 0.0342. The van der Waals surface area contributed by atoms with E-state index in [2.05, 4.69) is 5.32 Å². The van der Waals surface area contributed by atoms with Gasteiger partial charge in [0.15, 0.2) is 5.78 Å². The fourth-order valence-electron chi connectivity index (χ4n) is 1.46. The fraction of sp³-hybridized carbons (Fsp3) is 0.333. The highest BCUT2D eigenvalue weighted by atomic mass is 16.6. The Balaban J connectivity index is 3.10. The van der Waals surface area contributed by atoms with Crippen LogP contribution in [0.15, 0.2) is 18.2 Å². The molecule has 1 rings (SSSR count). The average molecular weight is 250 g/mol. The van der Waals surface area contributed by atoms with E-state index < -0.39 is 16.9 Å². The zero-order valence-corrected chi connectivity index (χ0v) is 10.4. The number of aryl methyl sites for hydroxylation is 1. The van der Waals surface area contributed by atoms with Gasteiger partial charge in [-0.2, -0.15) is 0 Å². The lowest BCUT2D eigenvalue weighted by atomic mass is 10.1. The standard InChI is InChI=1S/C12H14N2O4/c1-7-5-4-6-10(11(7)14(17)18)12(16)13-8(2)9(3)15/h4-6,8H,1-3H3,(H,13,16). The molecule has 1 unspecified atom stereocenters. The van der Waals surface area contributed by atoms with E-state index in [4.69, 9.17) is 0 Å². The van der Waals surface area contributed by atoms with Gasteiger partial charge in [-0.1, -0.05) is 12.1 Å². The van der Waals surface area contributed by atoms with E-state index in [-0.39, 0.29) is 17.0 Å². The van der Waals surface area contributed by atoms with E-state index >= 15 is 0 Å². The highest BCUT2D eigenvalue weighted by Crippen LogP contribution is 2.22. The maximum Gasteiger partial charge on any atom is 0.285 e. The Bertz CT molecular complexity index is 511. The number of amides is 1. The van der Waals surface area contributed by atoms with Crippen LogP contribution in [0.5, 0.6) is 0 Å². The fourth-order valence-corrected chi connectivity index (χ4v) is 1.46. The third-order valence-corrected chi connectivity index (χ3v) is 2.62. The van der Waals surface area contributed by atoms with Gasteiger partial charge < -0.3 is 5.32 Å². The molecule has 0 aliphatic carbocycles. The molecule has 0 spiro atoms. The Morgan fingerprint density at radius 2 is 2.00 bits per heavy atom. The Hall–Kier alpha value is -2.24. The van der Waals surface area contributed by atoms with E-state index in [0.717, 1.165) is 0 Å². The van der Waals surface area contributed by atoms with Crippen LogP contribution in [-0.2, 0) is 4.79 Å². The molecule has 1 atom stereocenters. The first kappa shape index (κ1) is 13.8. The Kier molecular flexibility index (Phi) is 4.14. The number of nitrogens with zero attached hydrogens (tertiary/aromatic N) is 1. The van der Waals surface area contributed by atoms with Gasteiger partial charge in [-0.25, -0.2) is 0 Å². The summed E-state index contributed by atoms with van der Waals surface area (Å²) in [6.07, 6.45) is 0. The van der Waals surface area contributed by atoms with Crippen molar-refractivity contribution >= 4 is 17.4 Å². The topological polar surface area (TPSA) is 89.3 Å². The lowest BCUT2D eigenvalue weighted by Gasteiger charge is -2.11. The Labute approximate surface area is 104 Å². The lowest BCUT2D eigenvalue weighted by Crippen LogP contribution is -2.37. The molecule has 0 saturated carbocycles. The van der Waals surface area contributed by atoms with Crippen molar-refractivity contribution in [3.05, 3.63) is 39.4 Å². The summed E-state index contributed by atoms with van der Waals surface area (Å²) in [5.74, 6) is -0.827. The summed E-state index contributed by atoms with van der Waals surface area (Å²) in [6.45, 7) is 4.43. The van der Waals surface area contributed by atoms with E-state index in [9.17, 15) is 19.7 Å². The molecule has 1 amide bonds. The molecule has 6 nitrogen and oxygen atoms in total. The van der Waals surface area contributed by atoms with Crippen LogP contribution < -0.4 is 5.32 Å². The minimum atomic E-state index is -0.669. The van der Waals surface area contributed by atoms with Crippen LogP contribution in [0.4, 0.5) is 5.69 Å². The molecule has 96 valence electrons. The Morgan fingerprint density at radius 3 is 2.50 bits per heavy atom. The van der Waals surface area contributed by atoms with Gasteiger partial charge in [0.1, 0.15) is 5.56 Å². The van der Waals surface area contributed by atoms with Crippen molar-refractivity contribution < 1.29 is 14.5 Å². The average Bonchev–Trinajstić information content (AvgIpc) is 2.27. The number of Topliss-reactive ketones (excluding diaryl/α,β-unsaturated/α-hetero) is 1. The largest absolute Gasteiger partial charge is 0.342 e. The second-order valence-corrected chi connectivity index (χ2v) is 4.03. The number of nitro benzene ring substituents is 1. The summed E-state index contributed by atoms with van der Waals surface area (Å²) in [5.41, 5.74) is 0.141. The van der Waals surface area contributed by atoms with Gasteiger partial charge in [0, 0.05) is 5.56 Å². The van der Waals surface area contributed by atoms with Gasteiger partial charge in [-0.3, -0.25) is 19.7 Å². The maximum atomic E-state index is 11.9. The van der Waals surface area contributed by atoms with E-state index in [1.165, 1.54) is 19.9 Å². The molecule has 0 aliphatic heterocycles. The molecule has 0 heterocycles. The number of nitro groups is 1. The zero-order valence-electron chi connectivity index (χ0n) is 10.4. The number of hydrogen-bond donors (Lipinski definition) is 1. The molecule has 0 fully saturated rings. The van der Waals surface area contributed by atoms with Gasteiger partial charge in [0.25, 0.3) is 11.6 Å². The van der Waals surface area contributed by atoms with Crippen molar-refractivity contribution in [3.8, 4) is 0 Å². The van der Waals surface area contributed by atoms with Crippen molar-refractivity contribution in [2.45, 2.75) is 26.8 Å². The second kappa shape index (κ2) is 5.39. The molecule has 0 saturated heterocycles. The first-order chi connectivity index (χ1) is 8.34. The molecular weight excluding hydrogens is 236 g/mol. The van der Waals surface area contributed by atoms with Crippen LogP contribution in [0.25, 0.3) is 0 Å². The van der Waals surface area contributed by atoms with Crippen LogP contribution in [0.3, 0.4) is 0 Å². The first-order valence-corrected chi connectivity index (χ1v) is 5.40. The molecule has 6 heteroatoms. The van der Waals surface area contributed by atoms with Crippen LogP contribution in [-0.4, -0.2) is 22.7 Å². The minimum Gasteiger partial charge on any atom is -0.342 e. The summed E-state index contributed by atoms with van der Waals surface area (Å²) in [5, 5.41) is 13.4. The number of carbonyl (C=O) groups is 2. The molecule has 0 radical (unpaired) electrons. The smallest absolute Gasteiger partial charge is 0.285 e. The summed E-state index contributed by atoms with van der Waals surface area (Å²) in [4.78, 5) is 33.2. The molecule has 0 bridgehead atoms. The summed E-state index contributed by atoms with van der Waals surface area (Å²) in [7, 11) is 0. The van der Waals surface area contributed by atoms with Crippen LogP contribution >= 0.6 is 0 Å². The van der Waals surface area contributed by atoms with Crippen LogP contribution in [0.1, 0.15) is 29.8 Å². The number of ketones is 1. The second-order valence-electron chi connectivity index (χ2n) is 4.03. The lowest BCUT2D eigenvalue weighted by molar-refractivity contribution is -0.385. The van der Waals surface area contributed by atoms with Gasteiger partial charge in [-0.15, -0.1) is 0 Å². The molecule has 0 aliphatic rings. The first-order valence-electron chi connectivity index (χ1n) is 5.40. The van der Waals surface area contributed by atoms with Gasteiger partial charge in [0.05, 0.1) is 11.0 Å². The van der Waals surface area contributed by atoms with Crippen molar-refractivity contribution in [2.24, 2.45) is 0 Å². The number of para-hydroxylation sites is 1. The number of nitrogens with one attached hydrogen (secondary N) is 1. The molecule has 18 heavy (non-hydrogen) atoms. The third kappa shape index (κ3) is 2.91. The number of rotatable bonds is 4. The van der Waals surface area contributed by atoms with Gasteiger partial charge in [-0.05, 0) is 26.8 Å². The summed E-state index contributed by atoms with van der Waals surface area (Å²) < 4.78 is 0. The zero-order chi connectivity index (χ0) is 13.9. The molecule has 1 aromatic carbocycles. The number of carbonyl (C=O) groups excluding carboxylic acids is 2. The molecule has 0 aromatic heterocycles. The predicted molar refractivity (Wildman–Crippen MR) is 65.4 cm³/mol. The van der Waals surface area contributed by atoms with E-state index in [1.807, 2.05) is 0 Å². The molecule has 1 N–H and O–H groups in total. The van der Waals surface area contributed by atoms with E-state index in [1.54, 1.807) is 19.1 Å². The van der Waals surface area contributed by atoms with Gasteiger partial charge >= 0.3 is 0 Å². The summed E-state index contributed by atoms with van der Waals surface area (Å²) in [6, 6.07) is 3.82. The summed E-state index contributed by atoms with van der Waals surface area (Å²) >= 11 is 0. The maximum absolute atomic E-state index is 11.9. The van der Waals surface area contributed by atoms with Crippen molar-refractivity contribution in [1.82, 2.24) is 5.32 Å². The van der Waals surface area contributed by atoms with Crippen molar-refractivity contribution in [2.75, 3.05) is 0 Å².